The Morgan fingerprint density at radius 3 is 1.52 bits per heavy atom. The molecule has 4 nitrogen and oxygen atoms in total. The van der Waals surface area contributed by atoms with Gasteiger partial charge in [-0.15, -0.1) is 0 Å². The van der Waals surface area contributed by atoms with Crippen molar-refractivity contribution < 1.29 is 0 Å². The summed E-state index contributed by atoms with van der Waals surface area (Å²) in [6.45, 7) is 7.90. The van der Waals surface area contributed by atoms with Crippen LogP contribution < -0.4 is 0 Å². The predicted molar refractivity (Wildman–Crippen MR) is 217 cm³/mol. The van der Waals surface area contributed by atoms with Gasteiger partial charge in [0.05, 0.1) is 6.57 Å². The van der Waals surface area contributed by atoms with Crippen molar-refractivity contribution in [3.63, 3.8) is 0 Å². The third-order valence-corrected chi connectivity index (χ3v) is 13.1. The largest absolute Gasteiger partial charge is 0.238 e. The molecule has 54 heavy (non-hydrogen) atoms. The van der Waals surface area contributed by atoms with E-state index in [0.717, 1.165) is 45.3 Å². The number of hydrogen-bond donors (Lipinski definition) is 0. The van der Waals surface area contributed by atoms with Gasteiger partial charge < -0.3 is 0 Å². The number of benzene rings is 6. The van der Waals surface area contributed by atoms with Gasteiger partial charge in [0.2, 0.25) is 0 Å². The van der Waals surface area contributed by atoms with E-state index in [2.05, 4.69) is 102 Å². The topological polar surface area (TPSA) is 43.0 Å². The zero-order chi connectivity index (χ0) is 35.8. The molecule has 4 saturated carbocycles. The number of hydrogen-bond acceptors (Lipinski definition) is 3. The van der Waals surface area contributed by atoms with Gasteiger partial charge in [-0.3, -0.25) is 0 Å². The second kappa shape index (κ2) is 12.2. The second-order valence-corrected chi connectivity index (χ2v) is 15.9. The Morgan fingerprint density at radius 1 is 0.426 bits per heavy atom. The lowest BCUT2D eigenvalue weighted by atomic mass is 9.43. The Bertz CT molecular complexity index is 2550. The molecule has 5 aliphatic carbocycles. The zero-order valence-electron chi connectivity index (χ0n) is 30.0. The van der Waals surface area contributed by atoms with E-state index in [-0.39, 0.29) is 5.41 Å². The summed E-state index contributed by atoms with van der Waals surface area (Å²) >= 11 is 0. The molecule has 258 valence electrons. The minimum atomic E-state index is -0.00184. The SMILES string of the molecule is [C-]#[N+]c1ccccc1-c1ccc2c(c1)C1(c3cc(-c4cccc(-c5nc(-c6ccccc6)nc(-c6ccccc6)n5)c4)ccc3-2)C2CC3CC(C2)CC1C3. The fraction of sp³-hybridized carbons (Fsp3) is 0.200. The molecule has 4 heteroatoms. The summed E-state index contributed by atoms with van der Waals surface area (Å²) in [5.74, 6) is 5.00. The molecule has 0 saturated heterocycles. The highest BCUT2D eigenvalue weighted by Gasteiger charge is 2.61. The van der Waals surface area contributed by atoms with Crippen molar-refractivity contribution in [3.8, 4) is 67.5 Å². The van der Waals surface area contributed by atoms with Gasteiger partial charge in [-0.2, -0.15) is 0 Å². The highest BCUT2D eigenvalue weighted by molar-refractivity contribution is 5.89. The molecule has 4 fully saturated rings. The molecular formula is C50H38N4. The first kappa shape index (κ1) is 31.4. The molecule has 0 N–H and O–H groups in total. The van der Waals surface area contributed by atoms with Gasteiger partial charge in [0.1, 0.15) is 0 Å². The molecule has 0 radical (unpaired) electrons. The van der Waals surface area contributed by atoms with Crippen LogP contribution in [0.5, 0.6) is 0 Å². The van der Waals surface area contributed by atoms with Gasteiger partial charge in [0, 0.05) is 22.1 Å². The van der Waals surface area contributed by atoms with Crippen LogP contribution in [-0.4, -0.2) is 15.0 Å². The molecule has 0 atom stereocenters. The van der Waals surface area contributed by atoms with E-state index in [4.69, 9.17) is 21.5 Å². The first-order chi connectivity index (χ1) is 26.7. The number of nitrogens with zero attached hydrogens (tertiary/aromatic N) is 4. The van der Waals surface area contributed by atoms with E-state index in [1.807, 2.05) is 48.5 Å². The summed E-state index contributed by atoms with van der Waals surface area (Å²) in [6, 6.07) is 51.5. The molecule has 4 bridgehead atoms. The van der Waals surface area contributed by atoms with Gasteiger partial charge in [0.15, 0.2) is 23.2 Å². The maximum absolute atomic E-state index is 7.90. The van der Waals surface area contributed by atoms with E-state index < -0.39 is 0 Å². The summed E-state index contributed by atoms with van der Waals surface area (Å²) < 4.78 is 0. The summed E-state index contributed by atoms with van der Waals surface area (Å²) in [7, 11) is 0. The Balaban J connectivity index is 1.05. The molecule has 1 heterocycles. The van der Waals surface area contributed by atoms with Crippen molar-refractivity contribution in [1.29, 1.82) is 0 Å². The van der Waals surface area contributed by atoms with Gasteiger partial charge >= 0.3 is 0 Å². The number of fused-ring (bicyclic) bond motifs is 3. The minimum Gasteiger partial charge on any atom is -0.238 e. The molecule has 5 aliphatic rings. The molecular weight excluding hydrogens is 657 g/mol. The summed E-state index contributed by atoms with van der Waals surface area (Å²) in [5, 5.41) is 0. The van der Waals surface area contributed by atoms with Crippen LogP contribution in [0.4, 0.5) is 5.69 Å². The lowest BCUT2D eigenvalue weighted by Gasteiger charge is -2.61. The van der Waals surface area contributed by atoms with Crippen molar-refractivity contribution >= 4 is 5.69 Å². The fourth-order valence-corrected chi connectivity index (χ4v) is 11.1. The van der Waals surface area contributed by atoms with Crippen LogP contribution in [-0.2, 0) is 5.41 Å². The fourth-order valence-electron chi connectivity index (χ4n) is 11.1. The maximum atomic E-state index is 7.90. The van der Waals surface area contributed by atoms with Crippen molar-refractivity contribution in [2.75, 3.05) is 0 Å². The quantitative estimate of drug-likeness (QED) is 0.168. The molecule has 7 aromatic rings. The van der Waals surface area contributed by atoms with Gasteiger partial charge in [-0.1, -0.05) is 133 Å². The Kier molecular flexibility index (Phi) is 7.07. The van der Waals surface area contributed by atoms with Crippen LogP contribution in [0, 0.1) is 30.2 Å². The summed E-state index contributed by atoms with van der Waals surface area (Å²) in [4.78, 5) is 18.9. The zero-order valence-corrected chi connectivity index (χ0v) is 30.0. The van der Waals surface area contributed by atoms with Crippen LogP contribution >= 0.6 is 0 Å². The smallest absolute Gasteiger partial charge is 0.194 e. The molecule has 1 spiro atoms. The lowest BCUT2D eigenvalue weighted by Crippen LogP contribution is -2.55. The molecule has 6 aromatic carbocycles. The maximum Gasteiger partial charge on any atom is 0.194 e. The number of rotatable bonds is 5. The average molecular weight is 695 g/mol. The van der Waals surface area contributed by atoms with E-state index in [9.17, 15) is 0 Å². The lowest BCUT2D eigenvalue weighted by molar-refractivity contribution is -0.0399. The Hall–Kier alpha value is -6.18. The van der Waals surface area contributed by atoms with E-state index >= 15 is 0 Å². The molecule has 1 aromatic heterocycles. The van der Waals surface area contributed by atoms with Crippen molar-refractivity contribution in [2.45, 2.75) is 37.5 Å². The standard InChI is InChI=1S/C50H38N4/c1-51-46-18-9-8-17-41(46)37-20-22-43-42-21-19-36(29-44(42)50(45(43)30-37)39-24-31-23-32(26-39)27-40(50)25-31)35-15-10-16-38(28-35)49-53-47(33-11-4-2-5-12-33)52-48(54-49)34-13-6-3-7-14-34/h2-22,28-32,39-40H,23-27H2. The third-order valence-electron chi connectivity index (χ3n) is 13.1. The molecule has 0 unspecified atom stereocenters. The minimum absolute atomic E-state index is 0.00184. The molecule has 0 amide bonds. The van der Waals surface area contributed by atoms with Crippen LogP contribution in [0.15, 0.2) is 146 Å². The van der Waals surface area contributed by atoms with Gasteiger partial charge in [0.25, 0.3) is 0 Å². The van der Waals surface area contributed by atoms with Crippen LogP contribution in [0.1, 0.15) is 43.2 Å². The van der Waals surface area contributed by atoms with Crippen LogP contribution in [0.2, 0.25) is 0 Å². The van der Waals surface area contributed by atoms with E-state index in [0.29, 0.717) is 29.3 Å². The normalized spacial score (nSPS) is 22.9. The third kappa shape index (κ3) is 4.78. The Morgan fingerprint density at radius 2 is 0.907 bits per heavy atom. The van der Waals surface area contributed by atoms with E-state index in [1.54, 1.807) is 0 Å². The van der Waals surface area contributed by atoms with Crippen molar-refractivity contribution in [3.05, 3.63) is 168 Å². The van der Waals surface area contributed by atoms with E-state index in [1.165, 1.54) is 65.5 Å². The predicted octanol–water partition coefficient (Wildman–Crippen LogP) is 12.5. The molecule has 0 aliphatic heterocycles. The monoisotopic (exact) mass is 694 g/mol. The van der Waals surface area contributed by atoms with Gasteiger partial charge in [-0.25, -0.2) is 19.8 Å². The number of para-hydroxylation sites is 1. The van der Waals surface area contributed by atoms with Crippen molar-refractivity contribution in [2.24, 2.45) is 23.7 Å². The van der Waals surface area contributed by atoms with Crippen LogP contribution in [0.25, 0.3) is 72.4 Å². The highest BCUT2D eigenvalue weighted by atomic mass is 15.0. The summed E-state index contributed by atoms with van der Waals surface area (Å²) in [6.07, 6.45) is 6.70. The Labute approximate surface area is 316 Å². The highest BCUT2D eigenvalue weighted by Crippen LogP contribution is 2.69. The average Bonchev–Trinajstić information content (AvgIpc) is 3.52. The van der Waals surface area contributed by atoms with Gasteiger partial charge in [-0.05, 0) is 112 Å². The second-order valence-electron chi connectivity index (χ2n) is 15.9. The first-order valence-corrected chi connectivity index (χ1v) is 19.4. The molecule has 12 rings (SSSR count). The van der Waals surface area contributed by atoms with Crippen molar-refractivity contribution in [1.82, 2.24) is 15.0 Å². The first-order valence-electron chi connectivity index (χ1n) is 19.4. The summed E-state index contributed by atoms with van der Waals surface area (Å²) in [5.41, 5.74) is 14.0. The number of aromatic nitrogens is 3. The van der Waals surface area contributed by atoms with Crippen LogP contribution in [0.3, 0.4) is 0 Å².